The van der Waals surface area contributed by atoms with Crippen molar-refractivity contribution in [2.45, 2.75) is 0 Å². The average molecular weight is 581 g/mol. The SMILES string of the molecule is c1ccc(-c2cc(-c3ccccc3)c3oc4cc(-c5nc(-c6ccccc6)c6sc7ccccc7c6n5)ccc4c3c2)cc1. The molecule has 3 heterocycles. The molecule has 0 unspecified atom stereocenters. The Labute approximate surface area is 257 Å². The zero-order chi connectivity index (χ0) is 29.0. The molecular weight excluding hydrogens is 557 g/mol. The van der Waals surface area contributed by atoms with Crippen molar-refractivity contribution in [2.75, 3.05) is 0 Å². The van der Waals surface area contributed by atoms with Crippen molar-refractivity contribution in [3.05, 3.63) is 146 Å². The Morgan fingerprint density at radius 1 is 0.477 bits per heavy atom. The average Bonchev–Trinajstić information content (AvgIpc) is 3.66. The quantitative estimate of drug-likeness (QED) is 0.208. The highest BCUT2D eigenvalue weighted by Crippen LogP contribution is 2.42. The second-order valence-electron chi connectivity index (χ2n) is 11.0. The predicted molar refractivity (Wildman–Crippen MR) is 184 cm³/mol. The number of rotatable bonds is 4. The van der Waals surface area contributed by atoms with Crippen LogP contribution in [-0.2, 0) is 0 Å². The van der Waals surface area contributed by atoms with E-state index in [2.05, 4.69) is 133 Å². The van der Waals surface area contributed by atoms with E-state index in [0.717, 1.165) is 71.1 Å². The first-order chi connectivity index (χ1) is 21.8. The standard InChI is InChI=1S/C40H24N2OS/c1-4-12-25(13-5-1)29-22-32(26-14-6-2-7-15-26)38-33(23-29)30-21-20-28(24-34(30)43-38)40-41-36(27-16-8-3-9-17-27)39-37(42-40)31-18-10-11-19-35(31)44-39/h1-24H. The topological polar surface area (TPSA) is 38.9 Å². The second kappa shape index (κ2) is 10.0. The Morgan fingerprint density at radius 3 is 1.93 bits per heavy atom. The van der Waals surface area contributed by atoms with E-state index in [0.29, 0.717) is 5.82 Å². The van der Waals surface area contributed by atoms with Gasteiger partial charge in [-0.1, -0.05) is 115 Å². The molecule has 206 valence electrons. The second-order valence-corrected chi connectivity index (χ2v) is 12.0. The summed E-state index contributed by atoms with van der Waals surface area (Å²) in [5, 5.41) is 3.32. The van der Waals surface area contributed by atoms with Crippen LogP contribution in [-0.4, -0.2) is 9.97 Å². The number of benzene rings is 6. The largest absolute Gasteiger partial charge is 0.455 e. The minimum atomic E-state index is 0.690. The molecule has 0 aliphatic carbocycles. The van der Waals surface area contributed by atoms with Crippen molar-refractivity contribution in [1.82, 2.24) is 9.97 Å². The Kier molecular flexibility index (Phi) is 5.68. The number of fused-ring (bicyclic) bond motifs is 6. The molecule has 6 aromatic carbocycles. The Hall–Kier alpha value is -5.58. The smallest absolute Gasteiger partial charge is 0.160 e. The first-order valence-corrected chi connectivity index (χ1v) is 15.5. The van der Waals surface area contributed by atoms with Gasteiger partial charge < -0.3 is 4.42 Å². The van der Waals surface area contributed by atoms with Gasteiger partial charge in [0.25, 0.3) is 0 Å². The van der Waals surface area contributed by atoms with Crippen molar-refractivity contribution < 1.29 is 4.42 Å². The summed E-state index contributed by atoms with van der Waals surface area (Å²) in [6, 6.07) is 50.7. The summed E-state index contributed by atoms with van der Waals surface area (Å²) < 4.78 is 9.01. The summed E-state index contributed by atoms with van der Waals surface area (Å²) >= 11 is 1.75. The summed E-state index contributed by atoms with van der Waals surface area (Å²) in [6.07, 6.45) is 0. The van der Waals surface area contributed by atoms with Gasteiger partial charge in [-0.15, -0.1) is 11.3 Å². The van der Waals surface area contributed by atoms with Gasteiger partial charge in [-0.3, -0.25) is 0 Å². The first-order valence-electron chi connectivity index (χ1n) is 14.7. The predicted octanol–water partition coefficient (Wildman–Crippen LogP) is 11.4. The van der Waals surface area contributed by atoms with E-state index in [1.807, 2.05) is 12.1 Å². The maximum atomic E-state index is 6.70. The summed E-state index contributed by atoms with van der Waals surface area (Å²) in [5.41, 5.74) is 10.2. The normalized spacial score (nSPS) is 11.6. The molecule has 9 rings (SSSR count). The van der Waals surface area contributed by atoms with Crippen LogP contribution >= 0.6 is 11.3 Å². The van der Waals surface area contributed by atoms with Crippen molar-refractivity contribution in [3.63, 3.8) is 0 Å². The third-order valence-corrected chi connectivity index (χ3v) is 9.46. The molecule has 0 atom stereocenters. The molecule has 0 bridgehead atoms. The molecule has 0 N–H and O–H groups in total. The molecule has 0 aliphatic heterocycles. The van der Waals surface area contributed by atoms with Crippen molar-refractivity contribution in [2.24, 2.45) is 0 Å². The molecule has 0 saturated heterocycles. The number of thiophene rings is 1. The monoisotopic (exact) mass is 580 g/mol. The summed E-state index contributed by atoms with van der Waals surface area (Å²) in [4.78, 5) is 10.3. The highest BCUT2D eigenvalue weighted by Gasteiger charge is 2.19. The van der Waals surface area contributed by atoms with E-state index in [1.165, 1.54) is 10.3 Å². The molecule has 3 nitrogen and oxygen atoms in total. The van der Waals surface area contributed by atoms with Crippen molar-refractivity contribution in [1.29, 1.82) is 0 Å². The fraction of sp³-hybridized carbons (Fsp3) is 0. The van der Waals surface area contributed by atoms with Crippen molar-refractivity contribution >= 4 is 53.6 Å². The third-order valence-electron chi connectivity index (χ3n) is 8.29. The molecule has 0 saturated carbocycles. The molecular formula is C40H24N2OS. The Morgan fingerprint density at radius 2 is 1.16 bits per heavy atom. The number of hydrogen-bond donors (Lipinski definition) is 0. The Balaban J connectivity index is 1.28. The molecule has 0 radical (unpaired) electrons. The van der Waals surface area contributed by atoms with Gasteiger partial charge in [0.05, 0.1) is 15.9 Å². The molecule has 0 amide bonds. The van der Waals surface area contributed by atoms with Crippen molar-refractivity contribution in [3.8, 4) is 44.9 Å². The van der Waals surface area contributed by atoms with Crippen LogP contribution in [0.3, 0.4) is 0 Å². The van der Waals surface area contributed by atoms with Crippen LogP contribution in [0.4, 0.5) is 0 Å². The van der Waals surface area contributed by atoms with E-state index in [1.54, 1.807) is 11.3 Å². The van der Waals surface area contributed by atoms with Crippen LogP contribution < -0.4 is 0 Å². The van der Waals surface area contributed by atoms with Crippen LogP contribution in [0.2, 0.25) is 0 Å². The van der Waals surface area contributed by atoms with Gasteiger partial charge >= 0.3 is 0 Å². The van der Waals surface area contributed by atoms with Gasteiger partial charge in [0.15, 0.2) is 5.82 Å². The van der Waals surface area contributed by atoms with E-state index in [4.69, 9.17) is 14.4 Å². The fourth-order valence-corrected chi connectivity index (χ4v) is 7.31. The van der Waals surface area contributed by atoms with Crippen LogP contribution in [0.5, 0.6) is 0 Å². The van der Waals surface area contributed by atoms with Gasteiger partial charge in [0, 0.05) is 37.5 Å². The third kappa shape index (κ3) is 4.03. The minimum Gasteiger partial charge on any atom is -0.455 e. The molecule has 4 heteroatoms. The highest BCUT2D eigenvalue weighted by atomic mass is 32.1. The summed E-state index contributed by atoms with van der Waals surface area (Å²) in [6.45, 7) is 0. The van der Waals surface area contributed by atoms with Gasteiger partial charge in [0.2, 0.25) is 0 Å². The minimum absolute atomic E-state index is 0.690. The summed E-state index contributed by atoms with van der Waals surface area (Å²) in [7, 11) is 0. The van der Waals surface area contributed by atoms with Gasteiger partial charge in [-0.05, 0) is 47.0 Å². The summed E-state index contributed by atoms with van der Waals surface area (Å²) in [5.74, 6) is 0.690. The number of hydrogen-bond acceptors (Lipinski definition) is 4. The van der Waals surface area contributed by atoms with Crippen LogP contribution in [0.1, 0.15) is 0 Å². The number of furan rings is 1. The zero-order valence-corrected chi connectivity index (χ0v) is 24.4. The Bertz CT molecular complexity index is 2480. The van der Waals surface area contributed by atoms with E-state index >= 15 is 0 Å². The lowest BCUT2D eigenvalue weighted by Crippen LogP contribution is -1.93. The van der Waals surface area contributed by atoms with Crippen LogP contribution in [0.25, 0.3) is 87.1 Å². The molecule has 0 aliphatic rings. The van der Waals surface area contributed by atoms with E-state index in [9.17, 15) is 0 Å². The lowest BCUT2D eigenvalue weighted by atomic mass is 9.95. The lowest BCUT2D eigenvalue weighted by molar-refractivity contribution is 0.670. The highest BCUT2D eigenvalue weighted by molar-refractivity contribution is 7.26. The fourth-order valence-electron chi connectivity index (χ4n) is 6.16. The number of nitrogens with zero attached hydrogens (tertiary/aromatic N) is 2. The van der Waals surface area contributed by atoms with E-state index < -0.39 is 0 Å². The molecule has 9 aromatic rings. The molecule has 44 heavy (non-hydrogen) atoms. The zero-order valence-electron chi connectivity index (χ0n) is 23.6. The number of aromatic nitrogens is 2. The van der Waals surface area contributed by atoms with Gasteiger partial charge in [-0.25, -0.2) is 9.97 Å². The maximum absolute atomic E-state index is 6.70. The molecule has 3 aromatic heterocycles. The van der Waals surface area contributed by atoms with Gasteiger partial charge in [-0.2, -0.15) is 0 Å². The lowest BCUT2D eigenvalue weighted by Gasteiger charge is -2.08. The maximum Gasteiger partial charge on any atom is 0.160 e. The first kappa shape index (κ1) is 25.0. The van der Waals surface area contributed by atoms with Gasteiger partial charge in [0.1, 0.15) is 11.2 Å². The van der Waals surface area contributed by atoms with Crippen LogP contribution in [0.15, 0.2) is 150 Å². The molecule has 0 fully saturated rings. The van der Waals surface area contributed by atoms with Crippen LogP contribution in [0, 0.1) is 0 Å². The van der Waals surface area contributed by atoms with E-state index in [-0.39, 0.29) is 0 Å². The molecule has 0 spiro atoms.